The Morgan fingerprint density at radius 3 is 2.52 bits per heavy atom. The minimum absolute atomic E-state index is 0.0348. The Labute approximate surface area is 197 Å². The summed E-state index contributed by atoms with van der Waals surface area (Å²) in [5, 5.41) is 14.8. The summed E-state index contributed by atoms with van der Waals surface area (Å²) >= 11 is 0. The Balaban J connectivity index is 1.22. The van der Waals surface area contributed by atoms with E-state index in [1.54, 1.807) is 0 Å². The van der Waals surface area contributed by atoms with Gasteiger partial charge in [-0.15, -0.1) is 0 Å². The van der Waals surface area contributed by atoms with Gasteiger partial charge in [0.25, 0.3) is 0 Å². The number of aliphatic hydroxyl groups is 1. The standard InChI is InChI=1S/C28H37NO4/c1-3-32-23-8-5-7-20(17-23)26(30)9-6-16-29-22-12-14-28(15-13-22)19-21-10-11-24(33-4-2)18-25(21)27(28)31/h5,7-8,10-11,17-18,22,27,29,31H,3-4,6,9,12-16,19H2,1-2H3. The Morgan fingerprint density at radius 1 is 1.06 bits per heavy atom. The van der Waals surface area contributed by atoms with Crippen LogP contribution in [0.1, 0.15) is 80.0 Å². The fourth-order valence-electron chi connectivity index (χ4n) is 5.52. The van der Waals surface area contributed by atoms with Crippen molar-refractivity contribution in [2.45, 2.75) is 70.9 Å². The lowest BCUT2D eigenvalue weighted by atomic mass is 9.69. The molecule has 0 bridgehead atoms. The van der Waals surface area contributed by atoms with Crippen LogP contribution in [0.15, 0.2) is 42.5 Å². The van der Waals surface area contributed by atoms with Crippen LogP contribution in [0.4, 0.5) is 0 Å². The summed E-state index contributed by atoms with van der Waals surface area (Å²) in [6, 6.07) is 14.1. The molecule has 1 saturated carbocycles. The molecule has 4 rings (SSSR count). The third kappa shape index (κ3) is 5.42. The number of benzene rings is 2. The molecule has 2 N–H and O–H groups in total. The number of Topliss-reactive ketones (excluding diaryl/α,β-unsaturated/α-hetero) is 1. The van der Waals surface area contributed by atoms with E-state index in [9.17, 15) is 9.90 Å². The van der Waals surface area contributed by atoms with Crippen molar-refractivity contribution in [1.29, 1.82) is 0 Å². The second-order valence-electron chi connectivity index (χ2n) is 9.45. The highest BCUT2D eigenvalue weighted by atomic mass is 16.5. The largest absolute Gasteiger partial charge is 0.494 e. The van der Waals surface area contributed by atoms with Gasteiger partial charge >= 0.3 is 0 Å². The highest BCUT2D eigenvalue weighted by molar-refractivity contribution is 5.96. The molecular formula is C28H37NO4. The number of rotatable bonds is 10. The lowest BCUT2D eigenvalue weighted by Gasteiger charge is -2.40. The smallest absolute Gasteiger partial charge is 0.163 e. The molecule has 2 aliphatic carbocycles. The summed E-state index contributed by atoms with van der Waals surface area (Å²) in [7, 11) is 0. The van der Waals surface area contributed by atoms with E-state index in [0.717, 1.165) is 67.7 Å². The molecule has 0 aliphatic heterocycles. The van der Waals surface area contributed by atoms with E-state index in [0.29, 0.717) is 25.7 Å². The lowest BCUT2D eigenvalue weighted by Crippen LogP contribution is -2.40. The van der Waals surface area contributed by atoms with Crippen molar-refractivity contribution < 1.29 is 19.4 Å². The zero-order chi connectivity index (χ0) is 23.3. The molecule has 1 atom stereocenters. The van der Waals surface area contributed by atoms with Crippen molar-refractivity contribution in [1.82, 2.24) is 5.32 Å². The minimum atomic E-state index is -0.404. The molecule has 178 valence electrons. The number of nitrogens with one attached hydrogen (secondary N) is 1. The first kappa shape index (κ1) is 23.8. The lowest BCUT2D eigenvalue weighted by molar-refractivity contribution is 0.00336. The van der Waals surface area contributed by atoms with Gasteiger partial charge in [-0.25, -0.2) is 0 Å². The van der Waals surface area contributed by atoms with Gasteiger partial charge < -0.3 is 19.9 Å². The maximum atomic E-state index is 12.5. The quantitative estimate of drug-likeness (QED) is 0.381. The molecule has 5 heteroatoms. The maximum Gasteiger partial charge on any atom is 0.163 e. The summed E-state index contributed by atoms with van der Waals surface area (Å²) in [6.07, 6.45) is 6.09. The van der Waals surface area contributed by atoms with Gasteiger partial charge in [-0.3, -0.25) is 4.79 Å². The Hall–Kier alpha value is -2.37. The van der Waals surface area contributed by atoms with Crippen LogP contribution in [0.3, 0.4) is 0 Å². The normalized spacial score (nSPS) is 24.0. The fourth-order valence-corrected chi connectivity index (χ4v) is 5.52. The van der Waals surface area contributed by atoms with Crippen LogP contribution in [0, 0.1) is 5.41 Å². The van der Waals surface area contributed by atoms with Crippen LogP contribution in [0.5, 0.6) is 11.5 Å². The number of hydrogen-bond acceptors (Lipinski definition) is 5. The van der Waals surface area contributed by atoms with E-state index in [1.807, 2.05) is 50.2 Å². The predicted octanol–water partition coefficient (Wildman–Crippen LogP) is 5.26. The first-order chi connectivity index (χ1) is 16.0. The second kappa shape index (κ2) is 10.7. The molecule has 2 aliphatic rings. The Kier molecular flexibility index (Phi) is 7.71. The van der Waals surface area contributed by atoms with E-state index in [2.05, 4.69) is 11.4 Å². The molecular weight excluding hydrogens is 414 g/mol. The number of aliphatic hydroxyl groups excluding tert-OH is 1. The summed E-state index contributed by atoms with van der Waals surface area (Å²) in [4.78, 5) is 12.5. The second-order valence-corrected chi connectivity index (χ2v) is 9.45. The molecule has 33 heavy (non-hydrogen) atoms. The highest BCUT2D eigenvalue weighted by Gasteiger charge is 2.47. The molecule has 1 unspecified atom stereocenters. The fraction of sp³-hybridized carbons (Fsp3) is 0.536. The van der Waals surface area contributed by atoms with Gasteiger partial charge in [0.05, 0.1) is 19.3 Å². The minimum Gasteiger partial charge on any atom is -0.494 e. The van der Waals surface area contributed by atoms with Crippen molar-refractivity contribution in [3.8, 4) is 11.5 Å². The average Bonchev–Trinajstić information content (AvgIpc) is 3.09. The third-order valence-corrected chi connectivity index (χ3v) is 7.31. The van der Waals surface area contributed by atoms with Crippen LogP contribution in [0.25, 0.3) is 0 Å². The van der Waals surface area contributed by atoms with Crippen LogP contribution >= 0.6 is 0 Å². The average molecular weight is 452 g/mol. The topological polar surface area (TPSA) is 67.8 Å². The van der Waals surface area contributed by atoms with Gasteiger partial charge in [-0.2, -0.15) is 0 Å². The van der Waals surface area contributed by atoms with E-state index >= 15 is 0 Å². The van der Waals surface area contributed by atoms with Crippen molar-refractivity contribution in [3.63, 3.8) is 0 Å². The molecule has 2 aromatic rings. The van der Waals surface area contributed by atoms with Crippen LogP contribution in [0.2, 0.25) is 0 Å². The molecule has 1 fully saturated rings. The monoisotopic (exact) mass is 451 g/mol. The number of carbonyl (C=O) groups is 1. The summed E-state index contributed by atoms with van der Waals surface area (Å²) in [5.41, 5.74) is 3.01. The van der Waals surface area contributed by atoms with Gasteiger partial charge in [0.1, 0.15) is 11.5 Å². The molecule has 0 saturated heterocycles. The van der Waals surface area contributed by atoms with Gasteiger partial charge in [-0.1, -0.05) is 18.2 Å². The van der Waals surface area contributed by atoms with E-state index in [1.165, 1.54) is 5.56 Å². The van der Waals surface area contributed by atoms with Crippen molar-refractivity contribution in [3.05, 3.63) is 59.2 Å². The van der Waals surface area contributed by atoms with Crippen LogP contribution in [-0.4, -0.2) is 36.7 Å². The van der Waals surface area contributed by atoms with Crippen LogP contribution in [-0.2, 0) is 6.42 Å². The Bertz CT molecular complexity index is 949. The highest BCUT2D eigenvalue weighted by Crippen LogP contribution is 2.54. The predicted molar refractivity (Wildman–Crippen MR) is 130 cm³/mol. The number of ketones is 1. The number of hydrogen-bond donors (Lipinski definition) is 2. The van der Waals surface area contributed by atoms with Crippen LogP contribution < -0.4 is 14.8 Å². The molecule has 1 spiro atoms. The van der Waals surface area contributed by atoms with Crippen molar-refractivity contribution >= 4 is 5.78 Å². The van der Waals surface area contributed by atoms with E-state index < -0.39 is 6.10 Å². The maximum absolute atomic E-state index is 12.5. The first-order valence-electron chi connectivity index (χ1n) is 12.5. The zero-order valence-corrected chi connectivity index (χ0v) is 19.9. The number of carbonyl (C=O) groups excluding carboxylic acids is 1. The molecule has 0 heterocycles. The Morgan fingerprint density at radius 2 is 1.79 bits per heavy atom. The first-order valence-corrected chi connectivity index (χ1v) is 12.5. The third-order valence-electron chi connectivity index (χ3n) is 7.31. The molecule has 0 radical (unpaired) electrons. The number of ether oxygens (including phenoxy) is 2. The SMILES string of the molecule is CCOc1cccc(C(=O)CCCNC2CCC3(CC2)Cc2ccc(OCC)cc2C3O)c1. The van der Waals surface area contributed by atoms with E-state index in [-0.39, 0.29) is 11.2 Å². The number of fused-ring (bicyclic) bond motifs is 1. The van der Waals surface area contributed by atoms with E-state index in [4.69, 9.17) is 9.47 Å². The summed E-state index contributed by atoms with van der Waals surface area (Å²) in [6.45, 7) is 6.00. The van der Waals surface area contributed by atoms with Crippen molar-refractivity contribution in [2.24, 2.45) is 5.41 Å². The van der Waals surface area contributed by atoms with Crippen molar-refractivity contribution in [2.75, 3.05) is 19.8 Å². The summed E-state index contributed by atoms with van der Waals surface area (Å²) in [5.74, 6) is 1.77. The molecule has 0 amide bonds. The van der Waals surface area contributed by atoms with Gasteiger partial charge in [0.2, 0.25) is 0 Å². The summed E-state index contributed by atoms with van der Waals surface area (Å²) < 4.78 is 11.1. The van der Waals surface area contributed by atoms with Gasteiger partial charge in [-0.05, 0) is 94.3 Å². The zero-order valence-electron chi connectivity index (χ0n) is 19.9. The van der Waals surface area contributed by atoms with Gasteiger partial charge in [0, 0.05) is 23.4 Å². The molecule has 2 aromatic carbocycles. The molecule has 0 aromatic heterocycles. The molecule has 5 nitrogen and oxygen atoms in total. The van der Waals surface area contributed by atoms with Gasteiger partial charge in [0.15, 0.2) is 5.78 Å².